The molecule has 2 rings (SSSR count). The molecule has 0 heterocycles. The van der Waals surface area contributed by atoms with E-state index >= 15 is 0 Å². The van der Waals surface area contributed by atoms with Gasteiger partial charge in [-0.25, -0.2) is 0 Å². The predicted octanol–water partition coefficient (Wildman–Crippen LogP) is 4.58. The van der Waals surface area contributed by atoms with Crippen LogP contribution in [-0.4, -0.2) is 11.9 Å². The molecular weight excluding hydrogens is 276 g/mol. The van der Waals surface area contributed by atoms with Gasteiger partial charge < -0.3 is 4.74 Å². The van der Waals surface area contributed by atoms with Gasteiger partial charge in [-0.2, -0.15) is 0 Å². The lowest BCUT2D eigenvalue weighted by atomic mass is 9.85. The van der Waals surface area contributed by atoms with E-state index < -0.39 is 0 Å². The van der Waals surface area contributed by atoms with Crippen molar-refractivity contribution >= 4 is 15.9 Å². The van der Waals surface area contributed by atoms with E-state index in [0.29, 0.717) is 4.83 Å². The largest absolute Gasteiger partial charge is 0.497 e. The Labute approximate surface area is 113 Å². The number of hydrogen-bond donors (Lipinski definition) is 0. The highest BCUT2D eigenvalue weighted by molar-refractivity contribution is 9.09. The minimum absolute atomic E-state index is 0.620. The zero-order chi connectivity index (χ0) is 12.1. The molecule has 0 saturated heterocycles. The van der Waals surface area contributed by atoms with Crippen LogP contribution in [0.5, 0.6) is 5.75 Å². The molecule has 1 nitrogen and oxygen atoms in total. The van der Waals surface area contributed by atoms with Crippen molar-refractivity contribution in [1.29, 1.82) is 0 Å². The van der Waals surface area contributed by atoms with Gasteiger partial charge in [-0.05, 0) is 42.9 Å². The van der Waals surface area contributed by atoms with Crippen LogP contribution in [0.25, 0.3) is 0 Å². The van der Waals surface area contributed by atoms with Crippen molar-refractivity contribution in [1.82, 2.24) is 0 Å². The average molecular weight is 297 g/mol. The maximum absolute atomic E-state index is 5.27. The molecule has 0 amide bonds. The normalized spacial score (nSPS) is 18.9. The molecule has 0 spiro atoms. The summed E-state index contributed by atoms with van der Waals surface area (Å²) >= 11 is 3.88. The van der Waals surface area contributed by atoms with Crippen molar-refractivity contribution in [3.05, 3.63) is 29.8 Å². The van der Waals surface area contributed by atoms with E-state index in [0.717, 1.165) is 18.1 Å². The molecule has 0 radical (unpaired) electrons. The lowest BCUT2D eigenvalue weighted by molar-refractivity contribution is 0.350. The first-order valence-corrected chi connectivity index (χ1v) is 7.48. The molecule has 94 valence electrons. The standard InChI is InChI=1S/C15H21BrO/c1-17-14-9-5-6-12(10-14)11-15(16)13-7-3-2-4-8-13/h5-6,9-10,13,15H,2-4,7-8,11H2,1H3. The molecule has 17 heavy (non-hydrogen) atoms. The first-order valence-electron chi connectivity index (χ1n) is 6.56. The van der Waals surface area contributed by atoms with Gasteiger partial charge in [0.05, 0.1) is 7.11 Å². The van der Waals surface area contributed by atoms with Crippen molar-refractivity contribution in [2.75, 3.05) is 7.11 Å². The Hall–Kier alpha value is -0.500. The SMILES string of the molecule is COc1cccc(CC(Br)C2CCCCC2)c1. The summed E-state index contributed by atoms with van der Waals surface area (Å²) in [6.45, 7) is 0. The van der Waals surface area contributed by atoms with Crippen LogP contribution in [0.15, 0.2) is 24.3 Å². The van der Waals surface area contributed by atoms with Crippen molar-refractivity contribution in [2.45, 2.75) is 43.4 Å². The Kier molecular flexibility index (Phi) is 4.90. The number of alkyl halides is 1. The van der Waals surface area contributed by atoms with Gasteiger partial charge in [-0.1, -0.05) is 47.3 Å². The molecule has 1 aliphatic carbocycles. The Balaban J connectivity index is 1.94. The number of ether oxygens (including phenoxy) is 1. The summed E-state index contributed by atoms with van der Waals surface area (Å²) in [6, 6.07) is 8.43. The van der Waals surface area contributed by atoms with Gasteiger partial charge in [0.25, 0.3) is 0 Å². The van der Waals surface area contributed by atoms with Crippen LogP contribution >= 0.6 is 15.9 Å². The third kappa shape index (κ3) is 3.74. The minimum atomic E-state index is 0.620. The second kappa shape index (κ2) is 6.44. The molecule has 1 saturated carbocycles. The number of methoxy groups -OCH3 is 1. The third-order valence-corrected chi connectivity index (χ3v) is 4.80. The van der Waals surface area contributed by atoms with Gasteiger partial charge in [-0.15, -0.1) is 0 Å². The molecule has 0 aromatic heterocycles. The fourth-order valence-corrected chi connectivity index (χ4v) is 3.59. The van der Waals surface area contributed by atoms with Gasteiger partial charge in [0.1, 0.15) is 5.75 Å². The molecule has 1 atom stereocenters. The van der Waals surface area contributed by atoms with Crippen molar-refractivity contribution in [2.24, 2.45) is 5.92 Å². The highest BCUT2D eigenvalue weighted by Gasteiger charge is 2.21. The van der Waals surface area contributed by atoms with Gasteiger partial charge in [-0.3, -0.25) is 0 Å². The lowest BCUT2D eigenvalue weighted by Crippen LogP contribution is -2.19. The van der Waals surface area contributed by atoms with Gasteiger partial charge in [0.2, 0.25) is 0 Å². The smallest absolute Gasteiger partial charge is 0.119 e. The quantitative estimate of drug-likeness (QED) is 0.739. The predicted molar refractivity (Wildman–Crippen MR) is 76.0 cm³/mol. The van der Waals surface area contributed by atoms with E-state index in [1.165, 1.54) is 37.7 Å². The van der Waals surface area contributed by atoms with Crippen LogP contribution in [0.2, 0.25) is 0 Å². The van der Waals surface area contributed by atoms with Crippen molar-refractivity contribution in [3.63, 3.8) is 0 Å². The summed E-state index contributed by atoms with van der Waals surface area (Å²) in [7, 11) is 1.73. The Morgan fingerprint density at radius 2 is 2.06 bits per heavy atom. The minimum Gasteiger partial charge on any atom is -0.497 e. The van der Waals surface area contributed by atoms with Gasteiger partial charge in [0.15, 0.2) is 0 Å². The highest BCUT2D eigenvalue weighted by Crippen LogP contribution is 2.32. The molecule has 1 aromatic rings. The van der Waals surface area contributed by atoms with E-state index in [1.807, 2.05) is 6.07 Å². The number of benzene rings is 1. The zero-order valence-electron chi connectivity index (χ0n) is 10.5. The summed E-state index contributed by atoms with van der Waals surface area (Å²) in [4.78, 5) is 0.620. The second-order valence-corrected chi connectivity index (χ2v) is 6.15. The number of rotatable bonds is 4. The van der Waals surface area contributed by atoms with Crippen LogP contribution in [0.3, 0.4) is 0 Å². The number of halogens is 1. The summed E-state index contributed by atoms with van der Waals surface area (Å²) in [5.74, 6) is 1.82. The van der Waals surface area contributed by atoms with E-state index in [2.05, 4.69) is 34.1 Å². The molecular formula is C15H21BrO. The monoisotopic (exact) mass is 296 g/mol. The summed E-state index contributed by atoms with van der Waals surface area (Å²) in [5, 5.41) is 0. The van der Waals surface area contributed by atoms with Crippen LogP contribution in [0.1, 0.15) is 37.7 Å². The van der Waals surface area contributed by atoms with E-state index in [9.17, 15) is 0 Å². The second-order valence-electron chi connectivity index (χ2n) is 4.97. The Morgan fingerprint density at radius 1 is 1.29 bits per heavy atom. The molecule has 1 aliphatic rings. The molecule has 0 aliphatic heterocycles. The van der Waals surface area contributed by atoms with Crippen LogP contribution < -0.4 is 4.74 Å². The molecule has 0 bridgehead atoms. The summed E-state index contributed by atoms with van der Waals surface area (Å²) in [5.41, 5.74) is 1.37. The van der Waals surface area contributed by atoms with Crippen molar-refractivity contribution in [3.8, 4) is 5.75 Å². The van der Waals surface area contributed by atoms with E-state index in [4.69, 9.17) is 4.74 Å². The third-order valence-electron chi connectivity index (χ3n) is 3.73. The maximum Gasteiger partial charge on any atom is 0.119 e. The first kappa shape index (κ1) is 12.9. The van der Waals surface area contributed by atoms with E-state index in [-0.39, 0.29) is 0 Å². The van der Waals surface area contributed by atoms with E-state index in [1.54, 1.807) is 7.11 Å². The van der Waals surface area contributed by atoms with Gasteiger partial charge in [0, 0.05) is 4.83 Å². The average Bonchev–Trinajstić information content (AvgIpc) is 2.40. The summed E-state index contributed by atoms with van der Waals surface area (Å²) < 4.78 is 5.27. The fraction of sp³-hybridized carbons (Fsp3) is 0.600. The highest BCUT2D eigenvalue weighted by atomic mass is 79.9. The fourth-order valence-electron chi connectivity index (χ4n) is 2.69. The maximum atomic E-state index is 5.27. The van der Waals surface area contributed by atoms with Crippen molar-refractivity contribution < 1.29 is 4.74 Å². The topological polar surface area (TPSA) is 9.23 Å². The molecule has 2 heteroatoms. The van der Waals surface area contributed by atoms with Crippen LogP contribution in [0.4, 0.5) is 0 Å². The lowest BCUT2D eigenvalue weighted by Gasteiger charge is -2.26. The molecule has 0 N–H and O–H groups in total. The molecule has 1 fully saturated rings. The van der Waals surface area contributed by atoms with Gasteiger partial charge >= 0.3 is 0 Å². The Bertz CT molecular complexity index is 345. The molecule has 1 unspecified atom stereocenters. The molecule has 1 aromatic carbocycles. The Morgan fingerprint density at radius 3 is 2.76 bits per heavy atom. The number of hydrogen-bond acceptors (Lipinski definition) is 1. The first-order chi connectivity index (χ1) is 8.29. The van der Waals surface area contributed by atoms with Crippen LogP contribution in [-0.2, 0) is 6.42 Å². The zero-order valence-corrected chi connectivity index (χ0v) is 12.1. The van der Waals surface area contributed by atoms with Crippen LogP contribution in [0, 0.1) is 5.92 Å². The summed E-state index contributed by atoms with van der Waals surface area (Å²) in [6.07, 6.45) is 8.13.